The van der Waals surface area contributed by atoms with Crippen LogP contribution in [-0.2, 0) is 9.59 Å². The topological polar surface area (TPSA) is 40.6 Å². The van der Waals surface area contributed by atoms with Gasteiger partial charge in [0.25, 0.3) is 0 Å². The molecule has 4 nitrogen and oxygen atoms in total. The maximum Gasteiger partial charge on any atom is 0.226 e. The molecule has 1 aliphatic carbocycles. The van der Waals surface area contributed by atoms with Crippen LogP contribution in [0.2, 0.25) is 0 Å². The maximum atomic E-state index is 12.4. The molecule has 108 valence electrons. The highest BCUT2D eigenvalue weighted by Gasteiger charge is 2.50. The van der Waals surface area contributed by atoms with Gasteiger partial charge < -0.3 is 9.80 Å². The molecule has 2 aliphatic rings. The number of likely N-dealkylation sites (tertiary alicyclic amines) is 1. The minimum absolute atomic E-state index is 0.0220. The van der Waals surface area contributed by atoms with E-state index in [-0.39, 0.29) is 23.7 Å². The Hall–Kier alpha value is -1.06. The SMILES string of the molecule is CCN(CC)C(=O)C1CC1C(=O)N1CCCCCC1. The third-order valence-electron chi connectivity index (χ3n) is 4.42. The average molecular weight is 266 g/mol. The molecule has 2 rings (SSSR count). The van der Waals surface area contributed by atoms with Crippen molar-refractivity contribution in [1.29, 1.82) is 0 Å². The van der Waals surface area contributed by atoms with Crippen molar-refractivity contribution in [3.8, 4) is 0 Å². The van der Waals surface area contributed by atoms with Crippen molar-refractivity contribution >= 4 is 11.8 Å². The normalized spacial score (nSPS) is 26.7. The van der Waals surface area contributed by atoms with Crippen LogP contribution >= 0.6 is 0 Å². The molecule has 0 radical (unpaired) electrons. The summed E-state index contributed by atoms with van der Waals surface area (Å²) >= 11 is 0. The summed E-state index contributed by atoms with van der Waals surface area (Å²) in [5.41, 5.74) is 0. The predicted octanol–water partition coefficient (Wildman–Crippen LogP) is 1.89. The van der Waals surface area contributed by atoms with Crippen LogP contribution in [0.4, 0.5) is 0 Å². The fraction of sp³-hybridized carbons (Fsp3) is 0.867. The third kappa shape index (κ3) is 3.28. The molecule has 1 heterocycles. The summed E-state index contributed by atoms with van der Waals surface area (Å²) in [6.45, 7) is 7.26. The number of nitrogens with zero attached hydrogens (tertiary/aromatic N) is 2. The second kappa shape index (κ2) is 6.40. The van der Waals surface area contributed by atoms with Gasteiger partial charge in [0.2, 0.25) is 11.8 Å². The summed E-state index contributed by atoms with van der Waals surface area (Å²) in [4.78, 5) is 28.4. The van der Waals surface area contributed by atoms with Crippen LogP contribution < -0.4 is 0 Å². The van der Waals surface area contributed by atoms with E-state index >= 15 is 0 Å². The molecule has 0 aromatic heterocycles. The van der Waals surface area contributed by atoms with Crippen molar-refractivity contribution < 1.29 is 9.59 Å². The summed E-state index contributed by atoms with van der Waals surface area (Å²) in [6.07, 6.45) is 5.47. The van der Waals surface area contributed by atoms with Crippen molar-refractivity contribution in [2.45, 2.75) is 46.0 Å². The van der Waals surface area contributed by atoms with Gasteiger partial charge in [0.05, 0.1) is 11.8 Å². The zero-order valence-corrected chi connectivity index (χ0v) is 12.2. The molecule has 1 saturated heterocycles. The molecule has 2 unspecified atom stereocenters. The molecule has 2 amide bonds. The summed E-state index contributed by atoms with van der Waals surface area (Å²) in [5, 5.41) is 0. The molecule has 0 bridgehead atoms. The van der Waals surface area contributed by atoms with E-state index in [4.69, 9.17) is 0 Å². The Bertz CT molecular complexity index is 331. The Labute approximate surface area is 116 Å². The van der Waals surface area contributed by atoms with Crippen molar-refractivity contribution in [1.82, 2.24) is 9.80 Å². The summed E-state index contributed by atoms with van der Waals surface area (Å²) in [5.74, 6) is 0.354. The Morgan fingerprint density at radius 1 is 1.00 bits per heavy atom. The van der Waals surface area contributed by atoms with Gasteiger partial charge in [0.15, 0.2) is 0 Å². The van der Waals surface area contributed by atoms with Crippen molar-refractivity contribution in [2.75, 3.05) is 26.2 Å². The van der Waals surface area contributed by atoms with E-state index in [0.717, 1.165) is 45.4 Å². The molecule has 0 aromatic rings. The lowest BCUT2D eigenvalue weighted by Crippen LogP contribution is -2.36. The lowest BCUT2D eigenvalue weighted by atomic mass is 10.2. The van der Waals surface area contributed by atoms with Gasteiger partial charge in [-0.05, 0) is 33.1 Å². The van der Waals surface area contributed by atoms with Gasteiger partial charge in [-0.2, -0.15) is 0 Å². The van der Waals surface area contributed by atoms with Gasteiger partial charge >= 0.3 is 0 Å². The van der Waals surface area contributed by atoms with Crippen molar-refractivity contribution in [2.24, 2.45) is 11.8 Å². The minimum Gasteiger partial charge on any atom is -0.343 e. The van der Waals surface area contributed by atoms with Gasteiger partial charge in [-0.1, -0.05) is 12.8 Å². The van der Waals surface area contributed by atoms with Gasteiger partial charge in [0, 0.05) is 26.2 Å². The average Bonchev–Trinajstić information content (AvgIpc) is 3.23. The smallest absolute Gasteiger partial charge is 0.226 e. The van der Waals surface area contributed by atoms with Crippen LogP contribution in [0.3, 0.4) is 0 Å². The second-order valence-corrected chi connectivity index (χ2v) is 5.70. The maximum absolute atomic E-state index is 12.4. The van der Waals surface area contributed by atoms with E-state index < -0.39 is 0 Å². The molecule has 0 spiro atoms. The lowest BCUT2D eigenvalue weighted by molar-refractivity contribution is -0.137. The molecule has 19 heavy (non-hydrogen) atoms. The zero-order chi connectivity index (χ0) is 13.8. The number of hydrogen-bond donors (Lipinski definition) is 0. The highest BCUT2D eigenvalue weighted by Crippen LogP contribution is 2.41. The summed E-state index contributed by atoms with van der Waals surface area (Å²) in [7, 11) is 0. The fourth-order valence-electron chi connectivity index (χ4n) is 3.04. The Morgan fingerprint density at radius 2 is 1.58 bits per heavy atom. The number of carbonyl (C=O) groups excluding carboxylic acids is 2. The van der Waals surface area contributed by atoms with Crippen LogP contribution in [-0.4, -0.2) is 47.8 Å². The molecular weight excluding hydrogens is 240 g/mol. The molecule has 1 aliphatic heterocycles. The quantitative estimate of drug-likeness (QED) is 0.779. The van der Waals surface area contributed by atoms with Crippen LogP contribution in [0.1, 0.15) is 46.0 Å². The third-order valence-corrected chi connectivity index (χ3v) is 4.42. The zero-order valence-electron chi connectivity index (χ0n) is 12.2. The molecule has 2 fully saturated rings. The van der Waals surface area contributed by atoms with E-state index in [0.29, 0.717) is 0 Å². The van der Waals surface area contributed by atoms with E-state index in [1.54, 1.807) is 0 Å². The van der Waals surface area contributed by atoms with Crippen LogP contribution in [0.15, 0.2) is 0 Å². The van der Waals surface area contributed by atoms with E-state index in [1.807, 2.05) is 23.6 Å². The number of hydrogen-bond acceptors (Lipinski definition) is 2. The highest BCUT2D eigenvalue weighted by molar-refractivity contribution is 5.92. The Balaban J connectivity index is 1.87. The minimum atomic E-state index is -0.0318. The number of rotatable bonds is 4. The monoisotopic (exact) mass is 266 g/mol. The van der Waals surface area contributed by atoms with Crippen molar-refractivity contribution in [3.63, 3.8) is 0 Å². The van der Waals surface area contributed by atoms with Crippen molar-refractivity contribution in [3.05, 3.63) is 0 Å². The Kier molecular flexibility index (Phi) is 4.83. The van der Waals surface area contributed by atoms with E-state index in [1.165, 1.54) is 12.8 Å². The first-order valence-electron chi connectivity index (χ1n) is 7.76. The fourth-order valence-corrected chi connectivity index (χ4v) is 3.04. The first-order valence-corrected chi connectivity index (χ1v) is 7.76. The first-order chi connectivity index (χ1) is 9.19. The molecule has 4 heteroatoms. The lowest BCUT2D eigenvalue weighted by Gasteiger charge is -2.21. The van der Waals surface area contributed by atoms with E-state index in [9.17, 15) is 9.59 Å². The van der Waals surface area contributed by atoms with Gasteiger partial charge in [-0.15, -0.1) is 0 Å². The highest BCUT2D eigenvalue weighted by atomic mass is 16.2. The molecule has 2 atom stereocenters. The summed E-state index contributed by atoms with van der Waals surface area (Å²) in [6, 6.07) is 0. The molecule has 1 saturated carbocycles. The predicted molar refractivity (Wildman–Crippen MR) is 74.6 cm³/mol. The van der Waals surface area contributed by atoms with Gasteiger partial charge in [-0.3, -0.25) is 9.59 Å². The van der Waals surface area contributed by atoms with Crippen LogP contribution in [0, 0.1) is 11.8 Å². The number of carbonyl (C=O) groups is 2. The van der Waals surface area contributed by atoms with Crippen LogP contribution in [0.25, 0.3) is 0 Å². The largest absolute Gasteiger partial charge is 0.343 e. The summed E-state index contributed by atoms with van der Waals surface area (Å²) < 4.78 is 0. The second-order valence-electron chi connectivity index (χ2n) is 5.70. The number of amides is 2. The molecule has 0 aromatic carbocycles. The van der Waals surface area contributed by atoms with Gasteiger partial charge in [0.1, 0.15) is 0 Å². The molecular formula is C15H26N2O2. The van der Waals surface area contributed by atoms with E-state index in [2.05, 4.69) is 0 Å². The first kappa shape index (κ1) is 14.4. The molecule has 0 N–H and O–H groups in total. The standard InChI is InChI=1S/C15H26N2O2/c1-3-16(4-2)14(18)12-11-13(12)15(19)17-9-7-5-6-8-10-17/h12-13H,3-11H2,1-2H3. The van der Waals surface area contributed by atoms with Crippen LogP contribution in [0.5, 0.6) is 0 Å². The Morgan fingerprint density at radius 3 is 2.11 bits per heavy atom. The van der Waals surface area contributed by atoms with Gasteiger partial charge in [-0.25, -0.2) is 0 Å².